The van der Waals surface area contributed by atoms with Crippen LogP contribution in [0, 0.1) is 25.6 Å². The molecule has 1 aromatic carbocycles. The van der Waals surface area contributed by atoms with Gasteiger partial charge in [-0.2, -0.15) is 9.97 Å². The molecule has 2 amide bonds. The average molecular weight is 358 g/mol. The van der Waals surface area contributed by atoms with E-state index >= 15 is 0 Å². The number of benzene rings is 1. The van der Waals surface area contributed by atoms with Crippen molar-refractivity contribution in [2.45, 2.75) is 20.3 Å². The summed E-state index contributed by atoms with van der Waals surface area (Å²) in [6.45, 7) is 3.74. The molecule has 2 heterocycles. The lowest BCUT2D eigenvalue weighted by molar-refractivity contribution is -0.122. The Morgan fingerprint density at radius 3 is 2.42 bits per heavy atom. The van der Waals surface area contributed by atoms with Gasteiger partial charge in [0.05, 0.1) is 30.1 Å². The van der Waals surface area contributed by atoms with Crippen molar-refractivity contribution in [2.24, 2.45) is 5.92 Å². The van der Waals surface area contributed by atoms with E-state index in [-0.39, 0.29) is 36.6 Å². The fourth-order valence-electron chi connectivity index (χ4n) is 2.94. The van der Waals surface area contributed by atoms with Crippen LogP contribution in [-0.2, 0) is 9.59 Å². The zero-order valence-electron chi connectivity index (χ0n) is 14.7. The molecule has 0 saturated carbocycles. The van der Waals surface area contributed by atoms with Gasteiger partial charge in [-0.3, -0.25) is 9.59 Å². The number of nitrogens with zero attached hydrogens (tertiary/aromatic N) is 3. The summed E-state index contributed by atoms with van der Waals surface area (Å²) in [6, 6.07) is 5.86. The van der Waals surface area contributed by atoms with Crippen LogP contribution in [0.1, 0.15) is 17.8 Å². The van der Waals surface area contributed by atoms with Crippen molar-refractivity contribution in [2.75, 3.05) is 23.9 Å². The summed E-state index contributed by atoms with van der Waals surface area (Å²) in [5, 5.41) is 2.82. The van der Waals surface area contributed by atoms with Gasteiger partial charge in [0, 0.05) is 18.7 Å². The number of carbonyl (C=O) groups is 2. The van der Waals surface area contributed by atoms with E-state index in [9.17, 15) is 14.0 Å². The van der Waals surface area contributed by atoms with Gasteiger partial charge in [0.2, 0.25) is 11.8 Å². The van der Waals surface area contributed by atoms with Gasteiger partial charge in [-0.15, -0.1) is 0 Å². The molecule has 1 unspecified atom stereocenters. The number of hydrogen-bond acceptors (Lipinski definition) is 5. The highest BCUT2D eigenvalue weighted by Crippen LogP contribution is 2.27. The highest BCUT2D eigenvalue weighted by Gasteiger charge is 2.35. The van der Waals surface area contributed by atoms with Crippen LogP contribution in [-0.4, -0.2) is 35.4 Å². The standard InChI is InChI=1S/C18H19FN4O3/c1-10-16(11(2)21-18(20-10)26-3)22-17(25)12-8-15(24)23(9-12)14-6-4-13(19)5-7-14/h4-7,12H,8-9H2,1-3H3,(H,22,25). The Morgan fingerprint density at radius 1 is 1.23 bits per heavy atom. The summed E-state index contributed by atoms with van der Waals surface area (Å²) >= 11 is 0. The van der Waals surface area contributed by atoms with Gasteiger partial charge < -0.3 is 15.0 Å². The molecule has 0 spiro atoms. The van der Waals surface area contributed by atoms with Crippen molar-refractivity contribution >= 4 is 23.2 Å². The van der Waals surface area contributed by atoms with Crippen LogP contribution in [0.4, 0.5) is 15.8 Å². The van der Waals surface area contributed by atoms with Crippen LogP contribution in [0.15, 0.2) is 24.3 Å². The minimum absolute atomic E-state index is 0.0956. The first-order chi connectivity index (χ1) is 12.4. The number of amides is 2. The second-order valence-corrected chi connectivity index (χ2v) is 6.13. The molecule has 0 radical (unpaired) electrons. The second kappa shape index (κ2) is 7.07. The Hall–Kier alpha value is -3.03. The van der Waals surface area contributed by atoms with Crippen molar-refractivity contribution in [1.82, 2.24) is 9.97 Å². The topological polar surface area (TPSA) is 84.4 Å². The largest absolute Gasteiger partial charge is 0.467 e. The molecule has 136 valence electrons. The minimum atomic E-state index is -0.506. The normalized spacial score (nSPS) is 16.7. The van der Waals surface area contributed by atoms with Gasteiger partial charge in [0.15, 0.2) is 0 Å². The van der Waals surface area contributed by atoms with E-state index in [1.807, 2.05) is 0 Å². The predicted octanol–water partition coefficient (Wildman–Crippen LogP) is 2.23. The van der Waals surface area contributed by atoms with Gasteiger partial charge in [-0.25, -0.2) is 4.39 Å². The number of methoxy groups -OCH3 is 1. The maximum atomic E-state index is 13.1. The molecule has 2 aromatic rings. The minimum Gasteiger partial charge on any atom is -0.467 e. The number of hydrogen-bond donors (Lipinski definition) is 1. The van der Waals surface area contributed by atoms with Gasteiger partial charge in [0.1, 0.15) is 5.82 Å². The van der Waals surface area contributed by atoms with Crippen molar-refractivity contribution in [3.05, 3.63) is 41.5 Å². The Balaban J connectivity index is 1.73. The maximum Gasteiger partial charge on any atom is 0.316 e. The number of ether oxygens (including phenoxy) is 1. The zero-order valence-corrected chi connectivity index (χ0v) is 14.7. The van der Waals surface area contributed by atoms with Crippen LogP contribution < -0.4 is 15.0 Å². The smallest absolute Gasteiger partial charge is 0.316 e. The van der Waals surface area contributed by atoms with Crippen molar-refractivity contribution < 1.29 is 18.7 Å². The molecule has 0 aliphatic carbocycles. The van der Waals surface area contributed by atoms with E-state index < -0.39 is 5.92 Å². The molecule has 0 bridgehead atoms. The Bertz CT molecular complexity index is 831. The molecule has 1 saturated heterocycles. The Kier molecular flexibility index (Phi) is 4.83. The number of anilines is 2. The van der Waals surface area contributed by atoms with Gasteiger partial charge >= 0.3 is 6.01 Å². The number of carbonyl (C=O) groups excluding carboxylic acids is 2. The molecule has 1 aliphatic heterocycles. The van der Waals surface area contributed by atoms with Crippen LogP contribution in [0.2, 0.25) is 0 Å². The SMILES string of the molecule is COc1nc(C)c(NC(=O)C2CC(=O)N(c3ccc(F)cc3)C2)c(C)n1. The summed E-state index contributed by atoms with van der Waals surface area (Å²) < 4.78 is 18.1. The van der Waals surface area contributed by atoms with E-state index in [2.05, 4.69) is 15.3 Å². The fourth-order valence-corrected chi connectivity index (χ4v) is 2.94. The lowest BCUT2D eigenvalue weighted by Gasteiger charge is -2.17. The third kappa shape index (κ3) is 3.49. The van der Waals surface area contributed by atoms with Crippen LogP contribution in [0.5, 0.6) is 6.01 Å². The van der Waals surface area contributed by atoms with Crippen molar-refractivity contribution in [1.29, 1.82) is 0 Å². The highest BCUT2D eigenvalue weighted by molar-refractivity contribution is 6.03. The van der Waals surface area contributed by atoms with Crippen LogP contribution >= 0.6 is 0 Å². The number of halogens is 1. The quantitative estimate of drug-likeness (QED) is 0.906. The number of nitrogens with one attached hydrogen (secondary N) is 1. The number of aryl methyl sites for hydroxylation is 2. The molecular weight excluding hydrogens is 339 g/mol. The zero-order chi connectivity index (χ0) is 18.8. The van der Waals surface area contributed by atoms with Crippen molar-refractivity contribution in [3.63, 3.8) is 0 Å². The molecule has 1 aliphatic rings. The summed E-state index contributed by atoms with van der Waals surface area (Å²) in [5.41, 5.74) is 2.26. The van der Waals surface area contributed by atoms with E-state index in [0.29, 0.717) is 22.8 Å². The van der Waals surface area contributed by atoms with E-state index in [0.717, 1.165) is 0 Å². The fraction of sp³-hybridized carbons (Fsp3) is 0.333. The monoisotopic (exact) mass is 358 g/mol. The molecule has 3 rings (SSSR count). The second-order valence-electron chi connectivity index (χ2n) is 6.13. The lowest BCUT2D eigenvalue weighted by atomic mass is 10.1. The number of rotatable bonds is 4. The van der Waals surface area contributed by atoms with Gasteiger partial charge in [-0.05, 0) is 38.1 Å². The maximum absolute atomic E-state index is 13.1. The lowest BCUT2D eigenvalue weighted by Crippen LogP contribution is -2.28. The average Bonchev–Trinajstić information content (AvgIpc) is 3.00. The van der Waals surface area contributed by atoms with E-state index in [4.69, 9.17) is 4.74 Å². The highest BCUT2D eigenvalue weighted by atomic mass is 19.1. The Labute approximate surface area is 150 Å². The van der Waals surface area contributed by atoms with Crippen LogP contribution in [0.3, 0.4) is 0 Å². The molecule has 1 atom stereocenters. The molecule has 1 aromatic heterocycles. The first-order valence-electron chi connectivity index (χ1n) is 8.15. The first-order valence-corrected chi connectivity index (χ1v) is 8.15. The third-order valence-corrected chi connectivity index (χ3v) is 4.32. The summed E-state index contributed by atoms with van der Waals surface area (Å²) in [7, 11) is 1.47. The Morgan fingerprint density at radius 2 is 1.85 bits per heavy atom. The molecule has 26 heavy (non-hydrogen) atoms. The molecule has 8 heteroatoms. The van der Waals surface area contributed by atoms with Crippen LogP contribution in [0.25, 0.3) is 0 Å². The molecular formula is C18H19FN4O3. The van der Waals surface area contributed by atoms with Gasteiger partial charge in [0.25, 0.3) is 0 Å². The van der Waals surface area contributed by atoms with Gasteiger partial charge in [-0.1, -0.05) is 0 Å². The predicted molar refractivity (Wildman–Crippen MR) is 93.5 cm³/mol. The third-order valence-electron chi connectivity index (χ3n) is 4.32. The number of aromatic nitrogens is 2. The molecule has 1 fully saturated rings. The summed E-state index contributed by atoms with van der Waals surface area (Å²) in [6.07, 6.45) is 0.0956. The van der Waals surface area contributed by atoms with E-state index in [1.165, 1.54) is 36.3 Å². The summed E-state index contributed by atoms with van der Waals surface area (Å²) in [4.78, 5) is 34.7. The molecule has 1 N–H and O–H groups in total. The molecule has 7 nitrogen and oxygen atoms in total. The van der Waals surface area contributed by atoms with Crippen molar-refractivity contribution in [3.8, 4) is 6.01 Å². The van der Waals surface area contributed by atoms with E-state index in [1.54, 1.807) is 13.8 Å². The first kappa shape index (κ1) is 17.8. The summed E-state index contributed by atoms with van der Waals surface area (Å²) in [5.74, 6) is -1.33.